The zero-order valence-electron chi connectivity index (χ0n) is 13.0. The highest BCUT2D eigenvalue weighted by Gasteiger charge is 2.09. The van der Waals surface area contributed by atoms with Crippen molar-refractivity contribution in [2.45, 2.75) is 37.2 Å². The molecule has 21 heavy (non-hydrogen) atoms. The van der Waals surface area contributed by atoms with Gasteiger partial charge in [0.15, 0.2) is 0 Å². The molecule has 3 nitrogen and oxygen atoms in total. The second kappa shape index (κ2) is 7.47. The number of aryl methyl sites for hydroxylation is 2. The van der Waals surface area contributed by atoms with Gasteiger partial charge in [-0.3, -0.25) is 4.68 Å². The Morgan fingerprint density at radius 1 is 1.33 bits per heavy atom. The normalized spacial score (nSPS) is 11.3. The second-order valence-electron chi connectivity index (χ2n) is 5.63. The highest BCUT2D eigenvalue weighted by atomic mass is 79.9. The molecule has 0 spiro atoms. The fourth-order valence-corrected chi connectivity index (χ4v) is 3.66. The summed E-state index contributed by atoms with van der Waals surface area (Å²) in [4.78, 5) is 1.27. The van der Waals surface area contributed by atoms with E-state index in [0.717, 1.165) is 28.3 Å². The van der Waals surface area contributed by atoms with E-state index in [1.165, 1.54) is 10.5 Å². The Labute approximate surface area is 139 Å². The van der Waals surface area contributed by atoms with E-state index in [2.05, 4.69) is 64.5 Å². The van der Waals surface area contributed by atoms with Gasteiger partial charge in [0.2, 0.25) is 0 Å². The van der Waals surface area contributed by atoms with Crippen molar-refractivity contribution in [1.29, 1.82) is 0 Å². The largest absolute Gasteiger partial charge is 0.312 e. The molecule has 0 fully saturated rings. The molecule has 1 aromatic heterocycles. The lowest BCUT2D eigenvalue weighted by Gasteiger charge is -2.12. The van der Waals surface area contributed by atoms with Gasteiger partial charge in [-0.25, -0.2) is 0 Å². The summed E-state index contributed by atoms with van der Waals surface area (Å²) < 4.78 is 3.04. The molecule has 0 bridgehead atoms. The Morgan fingerprint density at radius 3 is 2.71 bits per heavy atom. The maximum absolute atomic E-state index is 4.41. The number of nitrogens with one attached hydrogen (secondary N) is 1. The van der Waals surface area contributed by atoms with Gasteiger partial charge >= 0.3 is 0 Å². The first-order valence-electron chi connectivity index (χ1n) is 7.13. The van der Waals surface area contributed by atoms with E-state index in [1.54, 1.807) is 11.8 Å². The molecule has 0 atom stereocenters. The van der Waals surface area contributed by atoms with Crippen LogP contribution in [0.4, 0.5) is 0 Å². The molecule has 0 unspecified atom stereocenters. The summed E-state index contributed by atoms with van der Waals surface area (Å²) in [5.41, 5.74) is 2.37. The van der Waals surface area contributed by atoms with Gasteiger partial charge in [0, 0.05) is 23.0 Å². The number of benzene rings is 1. The number of aromatic nitrogens is 2. The molecule has 0 amide bonds. The Hall–Kier alpha value is -0.780. The van der Waals surface area contributed by atoms with Gasteiger partial charge in [-0.1, -0.05) is 47.6 Å². The van der Waals surface area contributed by atoms with Crippen molar-refractivity contribution < 1.29 is 0 Å². The minimum absolute atomic E-state index is 0.663. The van der Waals surface area contributed by atoms with Crippen LogP contribution in [-0.4, -0.2) is 16.3 Å². The summed E-state index contributed by atoms with van der Waals surface area (Å²) in [5, 5.41) is 9.09. The minimum Gasteiger partial charge on any atom is -0.312 e. The molecule has 1 heterocycles. The van der Waals surface area contributed by atoms with Gasteiger partial charge in [0.25, 0.3) is 0 Å². The van der Waals surface area contributed by atoms with Gasteiger partial charge < -0.3 is 5.32 Å². The van der Waals surface area contributed by atoms with Crippen LogP contribution in [0.1, 0.15) is 25.1 Å². The first-order valence-corrected chi connectivity index (χ1v) is 8.74. The lowest BCUT2D eigenvalue weighted by atomic mass is 10.2. The smallest absolute Gasteiger partial charge is 0.0987 e. The van der Waals surface area contributed by atoms with E-state index in [1.807, 2.05) is 18.7 Å². The van der Waals surface area contributed by atoms with Gasteiger partial charge in [0.05, 0.1) is 10.7 Å². The van der Waals surface area contributed by atoms with Crippen molar-refractivity contribution in [3.05, 3.63) is 40.0 Å². The summed E-state index contributed by atoms with van der Waals surface area (Å²) in [6, 6.07) is 8.59. The highest BCUT2D eigenvalue weighted by molar-refractivity contribution is 9.10. The van der Waals surface area contributed by atoms with Crippen LogP contribution in [0, 0.1) is 12.8 Å². The zero-order valence-corrected chi connectivity index (χ0v) is 15.4. The predicted octanol–water partition coefficient (Wildman–Crippen LogP) is 4.39. The average Bonchev–Trinajstić information content (AvgIpc) is 2.70. The Balaban J connectivity index is 2.16. The molecule has 114 valence electrons. The van der Waals surface area contributed by atoms with Gasteiger partial charge in [-0.15, -0.1) is 0 Å². The van der Waals surface area contributed by atoms with Crippen molar-refractivity contribution in [3.8, 4) is 0 Å². The van der Waals surface area contributed by atoms with Crippen LogP contribution in [0.5, 0.6) is 0 Å². The van der Waals surface area contributed by atoms with E-state index in [-0.39, 0.29) is 0 Å². The minimum atomic E-state index is 0.663. The third kappa shape index (κ3) is 4.87. The number of hydrogen-bond donors (Lipinski definition) is 1. The van der Waals surface area contributed by atoms with Gasteiger partial charge in [0.1, 0.15) is 0 Å². The highest BCUT2D eigenvalue weighted by Crippen LogP contribution is 2.32. The predicted molar refractivity (Wildman–Crippen MR) is 92.8 cm³/mol. The third-order valence-corrected chi connectivity index (χ3v) is 4.76. The molecule has 2 rings (SSSR count). The molecule has 0 aliphatic heterocycles. The molecule has 0 aliphatic carbocycles. The Bertz CT molecular complexity index is 608. The van der Waals surface area contributed by atoms with Crippen molar-refractivity contribution >= 4 is 27.7 Å². The van der Waals surface area contributed by atoms with Crippen molar-refractivity contribution in [3.63, 3.8) is 0 Å². The van der Waals surface area contributed by atoms with Gasteiger partial charge in [-0.2, -0.15) is 5.10 Å². The van der Waals surface area contributed by atoms with Crippen LogP contribution in [0.25, 0.3) is 0 Å². The summed E-state index contributed by atoms with van der Waals surface area (Å²) >= 11 is 5.33. The molecule has 5 heteroatoms. The molecule has 1 N–H and O–H groups in total. The first kappa shape index (κ1) is 16.6. The molecular formula is C16H22BrN3S. The van der Waals surface area contributed by atoms with E-state index < -0.39 is 0 Å². The van der Waals surface area contributed by atoms with Crippen LogP contribution < -0.4 is 5.32 Å². The second-order valence-corrected chi connectivity index (χ2v) is 7.60. The van der Waals surface area contributed by atoms with E-state index in [9.17, 15) is 0 Å². The monoisotopic (exact) mass is 367 g/mol. The maximum atomic E-state index is 4.41. The van der Waals surface area contributed by atoms with Crippen LogP contribution >= 0.6 is 27.7 Å². The molecule has 0 saturated carbocycles. The van der Waals surface area contributed by atoms with Crippen LogP contribution in [0.15, 0.2) is 38.7 Å². The van der Waals surface area contributed by atoms with Crippen LogP contribution in [0.3, 0.4) is 0 Å². The van der Waals surface area contributed by atoms with Crippen molar-refractivity contribution in [2.24, 2.45) is 13.0 Å². The number of halogens is 1. The van der Waals surface area contributed by atoms with Crippen molar-refractivity contribution in [1.82, 2.24) is 15.1 Å². The number of hydrogen-bond acceptors (Lipinski definition) is 3. The average molecular weight is 368 g/mol. The molecule has 1 aromatic carbocycles. The summed E-state index contributed by atoms with van der Waals surface area (Å²) in [7, 11) is 1.99. The fourth-order valence-electron chi connectivity index (χ4n) is 2.06. The summed E-state index contributed by atoms with van der Waals surface area (Å²) in [6.07, 6.45) is 0. The van der Waals surface area contributed by atoms with E-state index in [0.29, 0.717) is 5.92 Å². The quantitative estimate of drug-likeness (QED) is 0.820. The number of nitrogens with zero attached hydrogens (tertiary/aromatic N) is 2. The molecule has 0 saturated heterocycles. The van der Waals surface area contributed by atoms with E-state index in [4.69, 9.17) is 0 Å². The topological polar surface area (TPSA) is 29.9 Å². The lowest BCUT2D eigenvalue weighted by Crippen LogP contribution is -2.19. The summed E-state index contributed by atoms with van der Waals surface area (Å²) in [6.45, 7) is 8.40. The third-order valence-electron chi connectivity index (χ3n) is 3.07. The SMILES string of the molecule is Cc1cc(Sc2cc(Br)ccc2CNCC(C)C)n(C)n1. The fraction of sp³-hybridized carbons (Fsp3) is 0.438. The zero-order chi connectivity index (χ0) is 15.4. The standard InChI is InChI=1S/C16H22BrN3S/c1-11(2)9-18-10-13-5-6-14(17)8-15(13)21-16-7-12(3)19-20(16)4/h5-8,11,18H,9-10H2,1-4H3. The van der Waals surface area contributed by atoms with Crippen LogP contribution in [0.2, 0.25) is 0 Å². The van der Waals surface area contributed by atoms with Crippen molar-refractivity contribution in [2.75, 3.05) is 6.54 Å². The Morgan fingerprint density at radius 2 is 2.10 bits per heavy atom. The molecular weight excluding hydrogens is 346 g/mol. The maximum Gasteiger partial charge on any atom is 0.0987 e. The van der Waals surface area contributed by atoms with Gasteiger partial charge in [-0.05, 0) is 43.1 Å². The number of rotatable bonds is 6. The Kier molecular flexibility index (Phi) is 5.90. The first-order chi connectivity index (χ1) is 9.95. The molecule has 0 radical (unpaired) electrons. The summed E-state index contributed by atoms with van der Waals surface area (Å²) in [5.74, 6) is 0.663. The lowest BCUT2D eigenvalue weighted by molar-refractivity contribution is 0.550. The van der Waals surface area contributed by atoms with Crippen LogP contribution in [-0.2, 0) is 13.6 Å². The molecule has 2 aromatic rings. The molecule has 0 aliphatic rings. The van der Waals surface area contributed by atoms with E-state index >= 15 is 0 Å².